The van der Waals surface area contributed by atoms with Gasteiger partial charge in [-0.25, -0.2) is 4.98 Å². The molecule has 0 N–H and O–H groups in total. The highest BCUT2D eigenvalue weighted by Gasteiger charge is 2.34. The molecule has 2 aliphatic heterocycles. The number of benzene rings is 1. The summed E-state index contributed by atoms with van der Waals surface area (Å²) in [6.45, 7) is 6.07. The molecule has 4 rings (SSSR count). The molecule has 2 aliphatic rings. The van der Waals surface area contributed by atoms with Crippen molar-refractivity contribution in [2.24, 2.45) is 0 Å². The smallest absolute Gasteiger partial charge is 0.267 e. The fourth-order valence-corrected chi connectivity index (χ4v) is 3.78. The van der Waals surface area contributed by atoms with Crippen molar-refractivity contribution in [3.63, 3.8) is 0 Å². The third-order valence-electron chi connectivity index (χ3n) is 5.21. The summed E-state index contributed by atoms with van der Waals surface area (Å²) in [6.07, 6.45) is 5.22. The van der Waals surface area contributed by atoms with Crippen molar-refractivity contribution >= 4 is 5.91 Å². The number of fused-ring (bicyclic) bond motifs is 1. The molecule has 1 aromatic heterocycles. The highest BCUT2D eigenvalue weighted by Crippen LogP contribution is 2.33. The minimum absolute atomic E-state index is 0.0187. The monoisotopic (exact) mass is 355 g/mol. The molecule has 1 unspecified atom stereocenters. The zero-order valence-electron chi connectivity index (χ0n) is 15.3. The maximum atomic E-state index is 12.8. The van der Waals surface area contributed by atoms with Crippen molar-refractivity contribution in [1.82, 2.24) is 14.5 Å². The van der Waals surface area contributed by atoms with E-state index in [0.29, 0.717) is 23.5 Å². The molecule has 0 saturated carbocycles. The van der Waals surface area contributed by atoms with Gasteiger partial charge in [-0.2, -0.15) is 0 Å². The van der Waals surface area contributed by atoms with Crippen LogP contribution in [0.15, 0.2) is 36.7 Å². The predicted octanol–water partition coefficient (Wildman–Crippen LogP) is 3.01. The lowest BCUT2D eigenvalue weighted by molar-refractivity contribution is -0.142. The molecule has 6 nitrogen and oxygen atoms in total. The van der Waals surface area contributed by atoms with E-state index in [9.17, 15) is 4.79 Å². The maximum Gasteiger partial charge on any atom is 0.267 e. The number of para-hydroxylation sites is 2. The molecule has 0 spiro atoms. The van der Waals surface area contributed by atoms with Crippen molar-refractivity contribution in [1.29, 1.82) is 0 Å². The number of hydrogen-bond acceptors (Lipinski definition) is 4. The van der Waals surface area contributed by atoms with Gasteiger partial charge in [-0.3, -0.25) is 4.79 Å². The van der Waals surface area contributed by atoms with Gasteiger partial charge in [0.05, 0.1) is 0 Å². The summed E-state index contributed by atoms with van der Waals surface area (Å²) < 4.78 is 13.8. The van der Waals surface area contributed by atoms with Crippen molar-refractivity contribution in [3.8, 4) is 11.5 Å². The Kier molecular flexibility index (Phi) is 4.57. The summed E-state index contributed by atoms with van der Waals surface area (Å²) in [7, 11) is 0. The molecule has 1 atom stereocenters. The normalized spacial score (nSPS) is 20.4. The largest absolute Gasteiger partial charge is 0.485 e. The van der Waals surface area contributed by atoms with Gasteiger partial charge >= 0.3 is 0 Å². The van der Waals surface area contributed by atoms with E-state index in [1.165, 1.54) is 0 Å². The second-order valence-corrected chi connectivity index (χ2v) is 7.25. The SMILES string of the molecule is CC(C)n1ccnc1C1CCN(C(=O)C2COc3ccccc3O2)CC1. The van der Waals surface area contributed by atoms with Gasteiger partial charge in [0.15, 0.2) is 11.5 Å². The van der Waals surface area contributed by atoms with Crippen LogP contribution in [0.2, 0.25) is 0 Å². The molecule has 6 heteroatoms. The molecule has 1 fully saturated rings. The standard InChI is InChI=1S/C20H25N3O3/c1-14(2)23-12-9-21-19(23)15-7-10-22(11-8-15)20(24)18-13-25-16-5-3-4-6-17(16)26-18/h3-6,9,12,14-15,18H,7-8,10-11,13H2,1-2H3. The lowest BCUT2D eigenvalue weighted by atomic mass is 9.95. The zero-order valence-corrected chi connectivity index (χ0v) is 15.3. The van der Waals surface area contributed by atoms with Gasteiger partial charge in [0, 0.05) is 37.4 Å². The lowest BCUT2D eigenvalue weighted by Crippen LogP contribution is -2.49. The molecule has 1 saturated heterocycles. The minimum Gasteiger partial charge on any atom is -0.485 e. The Morgan fingerprint density at radius 2 is 1.92 bits per heavy atom. The summed E-state index contributed by atoms with van der Waals surface area (Å²) in [5, 5.41) is 0. The van der Waals surface area contributed by atoms with Crippen LogP contribution in [0.5, 0.6) is 11.5 Å². The van der Waals surface area contributed by atoms with Crippen molar-refractivity contribution in [2.75, 3.05) is 19.7 Å². The number of hydrogen-bond donors (Lipinski definition) is 0. The van der Waals surface area contributed by atoms with Crippen LogP contribution in [-0.2, 0) is 4.79 Å². The summed E-state index contributed by atoms with van der Waals surface area (Å²) >= 11 is 0. The minimum atomic E-state index is -0.556. The third-order valence-corrected chi connectivity index (χ3v) is 5.21. The van der Waals surface area contributed by atoms with Gasteiger partial charge < -0.3 is 18.9 Å². The summed E-state index contributed by atoms with van der Waals surface area (Å²) in [5.41, 5.74) is 0. The van der Waals surface area contributed by atoms with Crippen molar-refractivity contribution < 1.29 is 14.3 Å². The molecule has 1 amide bonds. The molecule has 1 aromatic carbocycles. The Hall–Kier alpha value is -2.50. The molecule has 3 heterocycles. The molecule has 138 valence electrons. The van der Waals surface area contributed by atoms with Crippen LogP contribution >= 0.6 is 0 Å². The summed E-state index contributed by atoms with van der Waals surface area (Å²) in [6, 6.07) is 7.89. The van der Waals surface area contributed by atoms with Gasteiger partial charge in [-0.05, 0) is 38.8 Å². The van der Waals surface area contributed by atoms with Crippen LogP contribution in [0.1, 0.15) is 44.5 Å². The lowest BCUT2D eigenvalue weighted by Gasteiger charge is -2.35. The number of nitrogens with zero attached hydrogens (tertiary/aromatic N) is 3. The van der Waals surface area contributed by atoms with E-state index in [-0.39, 0.29) is 12.5 Å². The number of carbonyl (C=O) groups excluding carboxylic acids is 1. The van der Waals surface area contributed by atoms with Gasteiger partial charge in [0.1, 0.15) is 12.4 Å². The molecule has 2 aromatic rings. The van der Waals surface area contributed by atoms with Crippen LogP contribution in [0.25, 0.3) is 0 Å². The zero-order chi connectivity index (χ0) is 18.1. The van der Waals surface area contributed by atoms with E-state index in [1.807, 2.05) is 41.6 Å². The number of carbonyl (C=O) groups is 1. The number of aromatic nitrogens is 2. The first-order valence-corrected chi connectivity index (χ1v) is 9.33. The van der Waals surface area contributed by atoms with Gasteiger partial charge in [0.2, 0.25) is 6.10 Å². The van der Waals surface area contributed by atoms with Gasteiger partial charge in [-0.1, -0.05) is 12.1 Å². The molecule has 26 heavy (non-hydrogen) atoms. The van der Waals surface area contributed by atoms with E-state index < -0.39 is 6.10 Å². The molecule has 0 bridgehead atoms. The van der Waals surface area contributed by atoms with E-state index in [2.05, 4.69) is 23.4 Å². The summed E-state index contributed by atoms with van der Waals surface area (Å²) in [5.74, 6) is 2.91. The third kappa shape index (κ3) is 3.16. The maximum absolute atomic E-state index is 12.8. The number of rotatable bonds is 3. The van der Waals surface area contributed by atoms with Gasteiger partial charge in [-0.15, -0.1) is 0 Å². The van der Waals surface area contributed by atoms with Crippen LogP contribution in [-0.4, -0.2) is 46.2 Å². The quantitative estimate of drug-likeness (QED) is 0.849. The number of likely N-dealkylation sites (tertiary alicyclic amines) is 1. The second kappa shape index (κ2) is 7.02. The number of amides is 1. The van der Waals surface area contributed by atoms with E-state index in [1.54, 1.807) is 0 Å². The Labute approximate surface area is 153 Å². The van der Waals surface area contributed by atoms with E-state index in [0.717, 1.165) is 31.8 Å². The Morgan fingerprint density at radius 3 is 2.65 bits per heavy atom. The predicted molar refractivity (Wildman–Crippen MR) is 97.5 cm³/mol. The Bertz CT molecular complexity index is 778. The van der Waals surface area contributed by atoms with Crippen LogP contribution < -0.4 is 9.47 Å². The fourth-order valence-electron chi connectivity index (χ4n) is 3.78. The number of piperidine rings is 1. The number of ether oxygens (including phenoxy) is 2. The molecule has 0 aliphatic carbocycles. The summed E-state index contributed by atoms with van der Waals surface area (Å²) in [4.78, 5) is 19.3. The second-order valence-electron chi connectivity index (χ2n) is 7.25. The average Bonchev–Trinajstić information content (AvgIpc) is 3.17. The topological polar surface area (TPSA) is 56.6 Å². The first-order chi connectivity index (χ1) is 12.6. The average molecular weight is 355 g/mol. The van der Waals surface area contributed by atoms with Crippen LogP contribution in [0, 0.1) is 0 Å². The first kappa shape index (κ1) is 16.9. The van der Waals surface area contributed by atoms with Crippen LogP contribution in [0.4, 0.5) is 0 Å². The van der Waals surface area contributed by atoms with Crippen molar-refractivity contribution in [3.05, 3.63) is 42.5 Å². The molecular formula is C20H25N3O3. The van der Waals surface area contributed by atoms with E-state index in [4.69, 9.17) is 9.47 Å². The van der Waals surface area contributed by atoms with Crippen molar-refractivity contribution in [2.45, 2.75) is 44.8 Å². The highest BCUT2D eigenvalue weighted by molar-refractivity contribution is 5.82. The Balaban J connectivity index is 1.38. The Morgan fingerprint density at radius 1 is 1.19 bits per heavy atom. The van der Waals surface area contributed by atoms with Crippen LogP contribution in [0.3, 0.4) is 0 Å². The van der Waals surface area contributed by atoms with Gasteiger partial charge in [0.25, 0.3) is 5.91 Å². The highest BCUT2D eigenvalue weighted by atomic mass is 16.6. The fraction of sp³-hybridized carbons (Fsp3) is 0.500. The molecular weight excluding hydrogens is 330 g/mol. The number of imidazole rings is 1. The van der Waals surface area contributed by atoms with E-state index >= 15 is 0 Å². The first-order valence-electron chi connectivity index (χ1n) is 9.33. The molecule has 0 radical (unpaired) electrons.